The Balaban J connectivity index is 1.31. The normalized spacial score (nSPS) is 15.0. The van der Waals surface area contributed by atoms with Crippen molar-refractivity contribution in [2.24, 2.45) is 0 Å². The molecule has 1 amide bonds. The van der Waals surface area contributed by atoms with Gasteiger partial charge >= 0.3 is 0 Å². The molecule has 0 aliphatic carbocycles. The first kappa shape index (κ1) is 21.6. The second kappa shape index (κ2) is 9.65. The quantitative estimate of drug-likeness (QED) is 0.582. The number of rotatable bonds is 7. The molecular weight excluding hydrogens is 436 g/mol. The number of hydrogen-bond donors (Lipinski definition) is 1. The van der Waals surface area contributed by atoms with Crippen LogP contribution in [0.25, 0.3) is 10.7 Å². The highest BCUT2D eigenvalue weighted by Gasteiger charge is 2.26. The predicted octanol–water partition coefficient (Wildman–Crippen LogP) is 2.20. The van der Waals surface area contributed by atoms with Crippen molar-refractivity contribution in [3.63, 3.8) is 0 Å². The summed E-state index contributed by atoms with van der Waals surface area (Å²) in [6.07, 6.45) is 2.33. The van der Waals surface area contributed by atoms with Crippen LogP contribution in [0.5, 0.6) is 0 Å². The van der Waals surface area contributed by atoms with Gasteiger partial charge in [-0.3, -0.25) is 9.78 Å². The third-order valence-electron chi connectivity index (χ3n) is 4.83. The van der Waals surface area contributed by atoms with Gasteiger partial charge in [-0.1, -0.05) is 6.07 Å². The number of pyridine rings is 1. The van der Waals surface area contributed by atoms with Crippen molar-refractivity contribution in [3.05, 3.63) is 65.3 Å². The smallest absolute Gasteiger partial charge is 0.251 e. The van der Waals surface area contributed by atoms with Gasteiger partial charge in [-0.2, -0.15) is 4.31 Å². The zero-order valence-electron chi connectivity index (χ0n) is 16.7. The Bertz CT molecular complexity index is 1130. The van der Waals surface area contributed by atoms with Crippen molar-refractivity contribution < 1.29 is 17.9 Å². The van der Waals surface area contributed by atoms with E-state index in [1.807, 2.05) is 23.6 Å². The molecule has 1 N–H and O–H groups in total. The maximum atomic E-state index is 12.7. The number of carbonyl (C=O) groups is 1. The zero-order chi connectivity index (χ0) is 21.7. The largest absolute Gasteiger partial charge is 0.379 e. The average Bonchev–Trinajstić information content (AvgIpc) is 3.29. The van der Waals surface area contributed by atoms with Gasteiger partial charge in [0.2, 0.25) is 10.0 Å². The van der Waals surface area contributed by atoms with Gasteiger partial charge in [-0.05, 0) is 36.4 Å². The Morgan fingerprint density at radius 1 is 1.13 bits per heavy atom. The first-order valence-corrected chi connectivity index (χ1v) is 12.2. The third kappa shape index (κ3) is 5.16. The number of sulfonamides is 1. The highest BCUT2D eigenvalue weighted by molar-refractivity contribution is 7.89. The summed E-state index contributed by atoms with van der Waals surface area (Å²) in [6.45, 7) is 1.88. The molecule has 1 aliphatic heterocycles. The number of carbonyl (C=O) groups excluding carboxylic acids is 1. The minimum absolute atomic E-state index is 0.176. The van der Waals surface area contributed by atoms with E-state index in [2.05, 4.69) is 15.3 Å². The Labute approximate surface area is 185 Å². The van der Waals surface area contributed by atoms with Gasteiger partial charge in [-0.15, -0.1) is 11.3 Å². The molecule has 0 atom stereocenters. The van der Waals surface area contributed by atoms with E-state index in [1.54, 1.807) is 6.20 Å². The van der Waals surface area contributed by atoms with E-state index in [0.717, 1.165) is 16.4 Å². The Morgan fingerprint density at radius 3 is 2.61 bits per heavy atom. The molecule has 31 heavy (non-hydrogen) atoms. The molecule has 3 heterocycles. The number of nitrogens with zero attached hydrogens (tertiary/aromatic N) is 3. The van der Waals surface area contributed by atoms with Crippen molar-refractivity contribution in [1.82, 2.24) is 19.6 Å². The van der Waals surface area contributed by atoms with Gasteiger partial charge < -0.3 is 10.1 Å². The van der Waals surface area contributed by atoms with Crippen molar-refractivity contribution in [2.75, 3.05) is 32.8 Å². The number of ether oxygens (including phenoxy) is 1. The van der Waals surface area contributed by atoms with E-state index in [9.17, 15) is 13.2 Å². The Kier molecular flexibility index (Phi) is 6.71. The van der Waals surface area contributed by atoms with E-state index in [-0.39, 0.29) is 10.8 Å². The lowest BCUT2D eigenvalue weighted by Crippen LogP contribution is -2.40. The number of hydrogen-bond acceptors (Lipinski definition) is 7. The lowest BCUT2D eigenvalue weighted by atomic mass is 10.2. The number of amides is 1. The molecule has 0 unspecified atom stereocenters. The molecule has 1 saturated heterocycles. The molecule has 8 nitrogen and oxygen atoms in total. The lowest BCUT2D eigenvalue weighted by Gasteiger charge is -2.26. The highest BCUT2D eigenvalue weighted by Crippen LogP contribution is 2.21. The molecule has 0 saturated carbocycles. The summed E-state index contributed by atoms with van der Waals surface area (Å²) >= 11 is 1.52. The van der Waals surface area contributed by atoms with Crippen LogP contribution in [-0.2, 0) is 21.2 Å². The predicted molar refractivity (Wildman–Crippen MR) is 117 cm³/mol. The second-order valence-electron chi connectivity index (χ2n) is 6.91. The number of nitrogens with one attached hydrogen (secondary N) is 1. The Morgan fingerprint density at radius 2 is 1.90 bits per heavy atom. The summed E-state index contributed by atoms with van der Waals surface area (Å²) in [5.41, 5.74) is 2.13. The van der Waals surface area contributed by atoms with Crippen molar-refractivity contribution >= 4 is 27.3 Å². The van der Waals surface area contributed by atoms with Crippen LogP contribution in [-0.4, -0.2) is 61.4 Å². The third-order valence-corrected chi connectivity index (χ3v) is 7.65. The summed E-state index contributed by atoms with van der Waals surface area (Å²) in [6, 6.07) is 11.7. The van der Waals surface area contributed by atoms with Gasteiger partial charge in [-0.25, -0.2) is 13.4 Å². The standard InChI is InChI=1S/C21H22N4O4S2/c26-20(23-10-8-17-15-30-21(24-17)19-3-1-2-9-22-19)16-4-6-18(7-5-16)31(27,28)25-11-13-29-14-12-25/h1-7,9,15H,8,10-14H2,(H,23,26). The molecule has 162 valence electrons. The van der Waals surface area contributed by atoms with Gasteiger partial charge in [0.1, 0.15) is 5.01 Å². The van der Waals surface area contributed by atoms with Crippen LogP contribution in [0.2, 0.25) is 0 Å². The first-order valence-electron chi connectivity index (χ1n) is 9.86. The van der Waals surface area contributed by atoms with Crippen LogP contribution in [0.4, 0.5) is 0 Å². The molecule has 4 rings (SSSR count). The topological polar surface area (TPSA) is 101 Å². The van der Waals surface area contributed by atoms with Crippen molar-refractivity contribution in [3.8, 4) is 10.7 Å². The van der Waals surface area contributed by atoms with Crippen LogP contribution in [0.1, 0.15) is 16.1 Å². The fourth-order valence-corrected chi connectivity index (χ4v) is 5.39. The van der Waals surface area contributed by atoms with E-state index < -0.39 is 10.0 Å². The average molecular weight is 459 g/mol. The minimum Gasteiger partial charge on any atom is -0.379 e. The fourth-order valence-electron chi connectivity index (χ4n) is 3.15. The number of benzene rings is 1. The van der Waals surface area contributed by atoms with Crippen molar-refractivity contribution in [2.45, 2.75) is 11.3 Å². The fraction of sp³-hybridized carbons (Fsp3) is 0.286. The maximum Gasteiger partial charge on any atom is 0.251 e. The molecule has 0 bridgehead atoms. The molecule has 0 spiro atoms. The number of aromatic nitrogens is 2. The van der Waals surface area contributed by atoms with Crippen LogP contribution in [0, 0.1) is 0 Å². The summed E-state index contributed by atoms with van der Waals surface area (Å²) < 4.78 is 31.9. The molecular formula is C21H22N4O4S2. The monoisotopic (exact) mass is 458 g/mol. The van der Waals surface area contributed by atoms with Crippen LogP contribution in [0.15, 0.2) is 58.9 Å². The molecule has 0 radical (unpaired) electrons. The van der Waals surface area contributed by atoms with E-state index in [4.69, 9.17) is 4.74 Å². The summed E-state index contributed by atoms with van der Waals surface area (Å²) in [4.78, 5) is 21.4. The first-order chi connectivity index (χ1) is 15.0. The molecule has 2 aromatic heterocycles. The van der Waals surface area contributed by atoms with Crippen LogP contribution in [0.3, 0.4) is 0 Å². The molecule has 1 aliphatic rings. The zero-order valence-corrected chi connectivity index (χ0v) is 18.4. The summed E-state index contributed by atoms with van der Waals surface area (Å²) in [5.74, 6) is -0.254. The minimum atomic E-state index is -3.57. The van der Waals surface area contributed by atoms with E-state index in [1.165, 1.54) is 39.9 Å². The van der Waals surface area contributed by atoms with Gasteiger partial charge in [0.15, 0.2) is 0 Å². The summed E-state index contributed by atoms with van der Waals surface area (Å²) in [7, 11) is -3.57. The number of thiazole rings is 1. The maximum absolute atomic E-state index is 12.7. The molecule has 1 aromatic carbocycles. The highest BCUT2D eigenvalue weighted by atomic mass is 32.2. The summed E-state index contributed by atoms with van der Waals surface area (Å²) in [5, 5.41) is 5.66. The lowest BCUT2D eigenvalue weighted by molar-refractivity contribution is 0.0730. The van der Waals surface area contributed by atoms with Crippen molar-refractivity contribution in [1.29, 1.82) is 0 Å². The van der Waals surface area contributed by atoms with Gasteiger partial charge in [0.25, 0.3) is 5.91 Å². The number of morpholine rings is 1. The van der Waals surface area contributed by atoms with E-state index in [0.29, 0.717) is 44.8 Å². The second-order valence-corrected chi connectivity index (χ2v) is 9.70. The SMILES string of the molecule is O=C(NCCc1csc(-c2ccccn2)n1)c1ccc(S(=O)(=O)N2CCOCC2)cc1. The Hall–Kier alpha value is -2.66. The molecule has 10 heteroatoms. The van der Waals surface area contributed by atoms with E-state index >= 15 is 0 Å². The molecule has 1 fully saturated rings. The van der Waals surface area contributed by atoms with Gasteiger partial charge in [0, 0.05) is 43.2 Å². The van der Waals surface area contributed by atoms with Crippen LogP contribution >= 0.6 is 11.3 Å². The van der Waals surface area contributed by atoms with Crippen LogP contribution < -0.4 is 5.32 Å². The molecule has 3 aromatic rings. The van der Waals surface area contributed by atoms with Gasteiger partial charge in [0.05, 0.1) is 29.5 Å².